The van der Waals surface area contributed by atoms with Crippen molar-refractivity contribution in [3.05, 3.63) is 10.1 Å². The summed E-state index contributed by atoms with van der Waals surface area (Å²) in [5, 5.41) is 10.4. The van der Waals surface area contributed by atoms with E-state index in [9.17, 15) is 10.1 Å². The van der Waals surface area contributed by atoms with Gasteiger partial charge in [0.1, 0.15) is 0 Å². The standard InChI is InChI=1S/C7H11NO3/c9-8(10)5-3-6-1-2-7(4-5)11-6/h5-7H,1-4H2. The molecule has 2 aliphatic rings. The highest BCUT2D eigenvalue weighted by molar-refractivity contribution is 4.84. The first-order chi connectivity index (χ1) is 5.25. The normalized spacial score (nSPS) is 42.4. The lowest BCUT2D eigenvalue weighted by molar-refractivity contribution is -0.531. The molecule has 4 nitrogen and oxygen atoms in total. The molecule has 2 atom stereocenters. The van der Waals surface area contributed by atoms with Crippen molar-refractivity contribution in [1.29, 1.82) is 0 Å². The van der Waals surface area contributed by atoms with E-state index in [0.717, 1.165) is 12.8 Å². The third-order valence-corrected chi connectivity index (χ3v) is 2.56. The van der Waals surface area contributed by atoms with Crippen molar-refractivity contribution < 1.29 is 9.66 Å². The molecule has 2 unspecified atom stereocenters. The van der Waals surface area contributed by atoms with Gasteiger partial charge in [-0.25, -0.2) is 0 Å². The SMILES string of the molecule is O=[N+]([O-])C1CC2CCC(C1)O2. The minimum atomic E-state index is -0.332. The predicted octanol–water partition coefficient (Wildman–Crippen LogP) is 0.973. The molecule has 0 aromatic heterocycles. The number of rotatable bonds is 1. The lowest BCUT2D eigenvalue weighted by atomic mass is 10.1. The highest BCUT2D eigenvalue weighted by Gasteiger charge is 2.40. The largest absolute Gasteiger partial charge is 0.374 e. The van der Waals surface area contributed by atoms with Gasteiger partial charge in [-0.1, -0.05) is 0 Å². The molecule has 2 rings (SSSR count). The highest BCUT2D eigenvalue weighted by atomic mass is 16.6. The van der Waals surface area contributed by atoms with Gasteiger partial charge >= 0.3 is 0 Å². The van der Waals surface area contributed by atoms with E-state index in [4.69, 9.17) is 4.74 Å². The van der Waals surface area contributed by atoms with Gasteiger partial charge in [-0.15, -0.1) is 0 Å². The Morgan fingerprint density at radius 2 is 1.82 bits per heavy atom. The molecule has 0 spiro atoms. The number of nitro groups is 1. The summed E-state index contributed by atoms with van der Waals surface area (Å²) in [6, 6.07) is -0.332. The summed E-state index contributed by atoms with van der Waals surface area (Å²) in [5.41, 5.74) is 0. The molecule has 11 heavy (non-hydrogen) atoms. The van der Waals surface area contributed by atoms with E-state index in [0.29, 0.717) is 12.8 Å². The molecule has 2 heterocycles. The quantitative estimate of drug-likeness (QED) is 0.421. The fraction of sp³-hybridized carbons (Fsp3) is 1.00. The van der Waals surface area contributed by atoms with E-state index in [1.54, 1.807) is 0 Å². The van der Waals surface area contributed by atoms with Gasteiger partial charge in [-0.3, -0.25) is 10.1 Å². The Morgan fingerprint density at radius 3 is 2.27 bits per heavy atom. The Morgan fingerprint density at radius 1 is 1.27 bits per heavy atom. The number of hydrogen-bond donors (Lipinski definition) is 0. The van der Waals surface area contributed by atoms with Gasteiger partial charge in [0.15, 0.2) is 0 Å². The number of ether oxygens (including phenoxy) is 1. The van der Waals surface area contributed by atoms with Crippen molar-refractivity contribution >= 4 is 0 Å². The molecule has 2 bridgehead atoms. The molecule has 0 aromatic rings. The van der Waals surface area contributed by atoms with Crippen LogP contribution in [-0.4, -0.2) is 23.2 Å². The molecule has 0 N–H and O–H groups in total. The van der Waals surface area contributed by atoms with Crippen LogP contribution in [-0.2, 0) is 4.74 Å². The average Bonchev–Trinajstić information content (AvgIpc) is 2.30. The first-order valence-corrected chi connectivity index (χ1v) is 4.04. The average molecular weight is 157 g/mol. The fourth-order valence-corrected chi connectivity index (χ4v) is 2.00. The van der Waals surface area contributed by atoms with Crippen LogP contribution in [0.3, 0.4) is 0 Å². The van der Waals surface area contributed by atoms with Gasteiger partial charge in [-0.2, -0.15) is 0 Å². The second-order valence-electron chi connectivity index (χ2n) is 3.37. The van der Waals surface area contributed by atoms with Crippen molar-refractivity contribution in [2.75, 3.05) is 0 Å². The zero-order valence-electron chi connectivity index (χ0n) is 6.23. The van der Waals surface area contributed by atoms with E-state index in [-0.39, 0.29) is 23.2 Å². The Labute approximate surface area is 64.7 Å². The van der Waals surface area contributed by atoms with Crippen LogP contribution < -0.4 is 0 Å². The Hall–Kier alpha value is -0.640. The zero-order valence-corrected chi connectivity index (χ0v) is 6.23. The van der Waals surface area contributed by atoms with Crippen molar-refractivity contribution in [3.63, 3.8) is 0 Å². The maximum Gasteiger partial charge on any atom is 0.218 e. The summed E-state index contributed by atoms with van der Waals surface area (Å²) in [7, 11) is 0. The van der Waals surface area contributed by atoms with Gasteiger partial charge in [0, 0.05) is 17.8 Å². The first-order valence-electron chi connectivity index (χ1n) is 4.04. The van der Waals surface area contributed by atoms with Crippen LogP contribution in [0.4, 0.5) is 0 Å². The van der Waals surface area contributed by atoms with Crippen molar-refractivity contribution in [3.8, 4) is 0 Å². The van der Waals surface area contributed by atoms with Crippen LogP contribution in [0.15, 0.2) is 0 Å². The van der Waals surface area contributed by atoms with Crippen molar-refractivity contribution in [2.24, 2.45) is 0 Å². The first kappa shape index (κ1) is 7.03. The zero-order chi connectivity index (χ0) is 7.84. The summed E-state index contributed by atoms with van der Waals surface area (Å²) >= 11 is 0. The predicted molar refractivity (Wildman–Crippen MR) is 37.9 cm³/mol. The maximum absolute atomic E-state index is 10.4. The molecule has 2 fully saturated rings. The summed E-state index contributed by atoms with van der Waals surface area (Å²) in [5.74, 6) is 0. The molecule has 2 aliphatic heterocycles. The van der Waals surface area contributed by atoms with Gasteiger partial charge in [-0.05, 0) is 12.8 Å². The topological polar surface area (TPSA) is 52.4 Å². The van der Waals surface area contributed by atoms with E-state index in [1.165, 1.54) is 0 Å². The maximum atomic E-state index is 10.4. The molecule has 0 aromatic carbocycles. The summed E-state index contributed by atoms with van der Waals surface area (Å²) in [4.78, 5) is 10.3. The van der Waals surface area contributed by atoms with Crippen LogP contribution in [0.2, 0.25) is 0 Å². The van der Waals surface area contributed by atoms with Gasteiger partial charge in [0.25, 0.3) is 0 Å². The molecular formula is C7H11NO3. The van der Waals surface area contributed by atoms with E-state index in [2.05, 4.69) is 0 Å². The Balaban J connectivity index is 2.02. The van der Waals surface area contributed by atoms with E-state index < -0.39 is 0 Å². The van der Waals surface area contributed by atoms with E-state index in [1.807, 2.05) is 0 Å². The fourth-order valence-electron chi connectivity index (χ4n) is 2.00. The molecule has 2 saturated heterocycles. The van der Waals surface area contributed by atoms with Crippen LogP contribution >= 0.6 is 0 Å². The lowest BCUT2D eigenvalue weighted by Crippen LogP contribution is -2.33. The molecule has 0 radical (unpaired) electrons. The number of hydrogen-bond acceptors (Lipinski definition) is 3. The van der Waals surface area contributed by atoms with Crippen LogP contribution in [0.25, 0.3) is 0 Å². The van der Waals surface area contributed by atoms with Crippen molar-refractivity contribution in [2.45, 2.75) is 43.9 Å². The van der Waals surface area contributed by atoms with E-state index >= 15 is 0 Å². The summed E-state index contributed by atoms with van der Waals surface area (Å²) in [6.45, 7) is 0. The third kappa shape index (κ3) is 1.22. The van der Waals surface area contributed by atoms with Crippen LogP contribution in [0.5, 0.6) is 0 Å². The molecule has 0 saturated carbocycles. The van der Waals surface area contributed by atoms with Crippen LogP contribution in [0.1, 0.15) is 25.7 Å². The van der Waals surface area contributed by atoms with Gasteiger partial charge in [0.2, 0.25) is 6.04 Å². The molecule has 0 aliphatic carbocycles. The number of nitrogens with zero attached hydrogens (tertiary/aromatic N) is 1. The second-order valence-corrected chi connectivity index (χ2v) is 3.37. The molecule has 4 heteroatoms. The monoisotopic (exact) mass is 157 g/mol. The number of fused-ring (bicyclic) bond motifs is 2. The van der Waals surface area contributed by atoms with Crippen molar-refractivity contribution in [1.82, 2.24) is 0 Å². The summed E-state index contributed by atoms with van der Waals surface area (Å²) < 4.78 is 5.47. The minimum Gasteiger partial charge on any atom is -0.374 e. The van der Waals surface area contributed by atoms with Gasteiger partial charge in [0.05, 0.1) is 12.2 Å². The third-order valence-electron chi connectivity index (χ3n) is 2.56. The lowest BCUT2D eigenvalue weighted by Gasteiger charge is -2.22. The molecule has 62 valence electrons. The second kappa shape index (κ2) is 2.44. The Kier molecular flexibility index (Phi) is 1.56. The molecule has 0 amide bonds. The van der Waals surface area contributed by atoms with Crippen LogP contribution in [0, 0.1) is 10.1 Å². The smallest absolute Gasteiger partial charge is 0.218 e. The minimum absolute atomic E-state index is 0.159. The summed E-state index contributed by atoms with van der Waals surface area (Å²) in [6.07, 6.45) is 3.67. The van der Waals surface area contributed by atoms with Gasteiger partial charge < -0.3 is 4.74 Å². The Bertz CT molecular complexity index is 171. The molecular weight excluding hydrogens is 146 g/mol. The highest BCUT2D eigenvalue weighted by Crippen LogP contribution is 2.33.